The molecule has 152 valence electrons. The summed E-state index contributed by atoms with van der Waals surface area (Å²) in [6, 6.07) is 13.2. The maximum absolute atomic E-state index is 13.3. The number of fused-ring (bicyclic) bond motifs is 3. The van der Waals surface area contributed by atoms with E-state index in [1.165, 1.54) is 25.3 Å². The first-order valence-electron chi connectivity index (χ1n) is 8.77. The van der Waals surface area contributed by atoms with Crippen molar-refractivity contribution in [2.45, 2.75) is 6.18 Å². The molecule has 30 heavy (non-hydrogen) atoms. The van der Waals surface area contributed by atoms with Crippen LogP contribution in [0.15, 0.2) is 54.6 Å². The second-order valence-electron chi connectivity index (χ2n) is 6.44. The first-order valence-corrected chi connectivity index (χ1v) is 8.77. The van der Waals surface area contributed by atoms with Crippen molar-refractivity contribution in [2.75, 3.05) is 12.4 Å². The lowest BCUT2D eigenvalue weighted by atomic mass is 10.1. The Morgan fingerprint density at radius 2 is 1.73 bits per heavy atom. The molecule has 0 radical (unpaired) electrons. The summed E-state index contributed by atoms with van der Waals surface area (Å²) >= 11 is 0. The van der Waals surface area contributed by atoms with Crippen LogP contribution in [0.5, 0.6) is 0 Å². The van der Waals surface area contributed by atoms with Gasteiger partial charge in [0.25, 0.3) is 5.91 Å². The van der Waals surface area contributed by atoms with Gasteiger partial charge in [-0.15, -0.1) is 0 Å². The van der Waals surface area contributed by atoms with Crippen LogP contribution < -0.4 is 5.32 Å². The number of halogens is 3. The maximum atomic E-state index is 13.3. The van der Waals surface area contributed by atoms with E-state index in [1.54, 1.807) is 24.3 Å². The summed E-state index contributed by atoms with van der Waals surface area (Å²) in [4.78, 5) is 32.1. The number of hydrogen-bond acceptors (Lipinski definition) is 4. The topological polar surface area (TPSA) is 84.1 Å². The number of aromatic amines is 1. The minimum Gasteiger partial charge on any atom is -0.464 e. The number of rotatable bonds is 3. The molecule has 2 heterocycles. The molecule has 0 atom stereocenters. The Bertz CT molecular complexity index is 1300. The van der Waals surface area contributed by atoms with E-state index in [0.29, 0.717) is 16.4 Å². The number of carbonyl (C=O) groups excluding carboxylic acids is 2. The Hall–Kier alpha value is -3.88. The van der Waals surface area contributed by atoms with Crippen molar-refractivity contribution in [3.8, 4) is 0 Å². The van der Waals surface area contributed by atoms with E-state index >= 15 is 0 Å². The van der Waals surface area contributed by atoms with E-state index in [9.17, 15) is 22.8 Å². The molecule has 4 rings (SSSR count). The van der Waals surface area contributed by atoms with Gasteiger partial charge in [0, 0.05) is 16.3 Å². The SMILES string of the molecule is COC(=O)c1cc2c([nH]c3ccccc32)c(C(=O)Nc2ccccc2C(F)(F)F)n1. The highest BCUT2D eigenvalue weighted by atomic mass is 19.4. The zero-order valence-corrected chi connectivity index (χ0v) is 15.5. The summed E-state index contributed by atoms with van der Waals surface area (Å²) in [5.74, 6) is -1.67. The quantitative estimate of drug-likeness (QED) is 0.474. The highest BCUT2D eigenvalue weighted by molar-refractivity contribution is 6.18. The molecule has 0 unspecified atom stereocenters. The van der Waals surface area contributed by atoms with E-state index in [2.05, 4.69) is 15.3 Å². The van der Waals surface area contributed by atoms with E-state index in [1.807, 2.05) is 0 Å². The molecular weight excluding hydrogens is 399 g/mol. The van der Waals surface area contributed by atoms with Crippen molar-refractivity contribution in [1.82, 2.24) is 9.97 Å². The number of ether oxygens (including phenoxy) is 1. The molecule has 0 spiro atoms. The number of esters is 1. The average molecular weight is 413 g/mol. The molecule has 2 aromatic heterocycles. The molecule has 1 amide bonds. The lowest BCUT2D eigenvalue weighted by Crippen LogP contribution is -2.19. The van der Waals surface area contributed by atoms with Gasteiger partial charge in [-0.1, -0.05) is 30.3 Å². The van der Waals surface area contributed by atoms with Crippen molar-refractivity contribution in [2.24, 2.45) is 0 Å². The average Bonchev–Trinajstić information content (AvgIpc) is 3.10. The molecule has 0 saturated heterocycles. The standard InChI is InChI=1S/C21H14F3N3O3/c1-30-20(29)16-10-12-11-6-2-4-8-14(11)25-17(12)18(26-16)19(28)27-15-9-5-3-7-13(15)21(22,23)24/h2-10,25H,1H3,(H,27,28). The Morgan fingerprint density at radius 1 is 1.03 bits per heavy atom. The van der Waals surface area contributed by atoms with Crippen molar-refractivity contribution < 1.29 is 27.5 Å². The molecule has 2 N–H and O–H groups in total. The first kappa shape index (κ1) is 19.4. The van der Waals surface area contributed by atoms with Crippen LogP contribution in [0.1, 0.15) is 26.5 Å². The van der Waals surface area contributed by atoms with Gasteiger partial charge in [-0.2, -0.15) is 13.2 Å². The number of aromatic nitrogens is 2. The highest BCUT2D eigenvalue weighted by Gasteiger charge is 2.34. The van der Waals surface area contributed by atoms with Crippen molar-refractivity contribution in [1.29, 1.82) is 0 Å². The van der Waals surface area contributed by atoms with E-state index in [4.69, 9.17) is 4.74 Å². The monoisotopic (exact) mass is 413 g/mol. The van der Waals surface area contributed by atoms with Gasteiger partial charge in [-0.05, 0) is 24.3 Å². The number of amides is 1. The Labute approximate surface area is 167 Å². The minimum absolute atomic E-state index is 0.135. The molecule has 0 bridgehead atoms. The third-order valence-electron chi connectivity index (χ3n) is 4.59. The van der Waals surface area contributed by atoms with E-state index in [0.717, 1.165) is 17.5 Å². The fourth-order valence-corrected chi connectivity index (χ4v) is 3.24. The van der Waals surface area contributed by atoms with Crippen LogP contribution in [0.3, 0.4) is 0 Å². The molecule has 0 aliphatic heterocycles. The van der Waals surface area contributed by atoms with Gasteiger partial charge >= 0.3 is 12.1 Å². The van der Waals surface area contributed by atoms with Crippen LogP contribution in [0.2, 0.25) is 0 Å². The number of nitrogens with one attached hydrogen (secondary N) is 2. The Balaban J connectivity index is 1.88. The number of nitrogens with zero attached hydrogens (tertiary/aromatic N) is 1. The number of methoxy groups -OCH3 is 1. The Kier molecular flexibility index (Phi) is 4.65. The third-order valence-corrected chi connectivity index (χ3v) is 4.59. The van der Waals surface area contributed by atoms with Crippen LogP contribution >= 0.6 is 0 Å². The third kappa shape index (κ3) is 3.34. The highest BCUT2D eigenvalue weighted by Crippen LogP contribution is 2.35. The molecule has 0 aliphatic rings. The number of alkyl halides is 3. The van der Waals surface area contributed by atoms with Gasteiger partial charge in [0.05, 0.1) is 23.9 Å². The molecule has 6 nitrogen and oxygen atoms in total. The smallest absolute Gasteiger partial charge is 0.418 e. The number of para-hydroxylation sites is 2. The predicted octanol–water partition coefficient (Wildman–Crippen LogP) is 4.77. The molecular formula is C21H14F3N3O3. The van der Waals surface area contributed by atoms with Gasteiger partial charge in [0.2, 0.25) is 0 Å². The largest absolute Gasteiger partial charge is 0.464 e. The van der Waals surface area contributed by atoms with Gasteiger partial charge < -0.3 is 15.0 Å². The number of benzene rings is 2. The first-order chi connectivity index (χ1) is 14.3. The number of pyridine rings is 1. The summed E-state index contributed by atoms with van der Waals surface area (Å²) < 4.78 is 44.5. The van der Waals surface area contributed by atoms with Crippen LogP contribution in [-0.4, -0.2) is 29.0 Å². The van der Waals surface area contributed by atoms with Crippen LogP contribution in [0.25, 0.3) is 21.8 Å². The summed E-state index contributed by atoms with van der Waals surface area (Å²) in [5.41, 5.74) is -0.781. The molecule has 9 heteroatoms. The summed E-state index contributed by atoms with van der Waals surface area (Å²) in [6.07, 6.45) is -4.65. The Morgan fingerprint density at radius 3 is 2.47 bits per heavy atom. The summed E-state index contributed by atoms with van der Waals surface area (Å²) in [5, 5.41) is 3.51. The lowest BCUT2D eigenvalue weighted by Gasteiger charge is -2.13. The zero-order valence-electron chi connectivity index (χ0n) is 15.5. The lowest BCUT2D eigenvalue weighted by molar-refractivity contribution is -0.136. The van der Waals surface area contributed by atoms with Crippen LogP contribution in [0.4, 0.5) is 18.9 Å². The molecule has 4 aromatic rings. The predicted molar refractivity (Wildman–Crippen MR) is 104 cm³/mol. The number of carbonyl (C=O) groups is 2. The molecule has 0 fully saturated rings. The van der Waals surface area contributed by atoms with Gasteiger partial charge in [-0.25, -0.2) is 9.78 Å². The van der Waals surface area contributed by atoms with Gasteiger partial charge in [0.15, 0.2) is 5.69 Å². The molecule has 0 aliphatic carbocycles. The van der Waals surface area contributed by atoms with Crippen molar-refractivity contribution >= 4 is 39.4 Å². The summed E-state index contributed by atoms with van der Waals surface area (Å²) in [7, 11) is 1.17. The van der Waals surface area contributed by atoms with E-state index < -0.39 is 29.3 Å². The molecule has 2 aromatic carbocycles. The second kappa shape index (κ2) is 7.18. The van der Waals surface area contributed by atoms with Crippen molar-refractivity contribution in [3.63, 3.8) is 0 Å². The van der Waals surface area contributed by atoms with E-state index in [-0.39, 0.29) is 11.4 Å². The van der Waals surface area contributed by atoms with Gasteiger partial charge in [-0.3, -0.25) is 4.79 Å². The second-order valence-corrected chi connectivity index (χ2v) is 6.44. The normalized spacial score (nSPS) is 11.6. The fraction of sp³-hybridized carbons (Fsp3) is 0.0952. The number of H-pyrrole nitrogens is 1. The van der Waals surface area contributed by atoms with Crippen molar-refractivity contribution in [3.05, 3.63) is 71.5 Å². The summed E-state index contributed by atoms with van der Waals surface area (Å²) in [6.45, 7) is 0. The fourth-order valence-electron chi connectivity index (χ4n) is 3.24. The minimum atomic E-state index is -4.65. The van der Waals surface area contributed by atoms with Crippen LogP contribution in [-0.2, 0) is 10.9 Å². The number of anilines is 1. The number of hydrogen-bond donors (Lipinski definition) is 2. The van der Waals surface area contributed by atoms with Crippen LogP contribution in [0, 0.1) is 0 Å². The molecule has 0 saturated carbocycles. The zero-order chi connectivity index (χ0) is 21.5. The van der Waals surface area contributed by atoms with Gasteiger partial charge in [0.1, 0.15) is 5.69 Å². The maximum Gasteiger partial charge on any atom is 0.418 e.